The van der Waals surface area contributed by atoms with Crippen LogP contribution < -0.4 is 10.6 Å². The first-order chi connectivity index (χ1) is 10.6. The van der Waals surface area contributed by atoms with E-state index in [-0.39, 0.29) is 5.91 Å². The first-order valence-corrected chi connectivity index (χ1v) is 7.54. The summed E-state index contributed by atoms with van der Waals surface area (Å²) in [7, 11) is 0. The Bertz CT molecular complexity index is 638. The number of benzene rings is 1. The average Bonchev–Trinajstić information content (AvgIpc) is 2.52. The predicted molar refractivity (Wildman–Crippen MR) is 88.5 cm³/mol. The maximum absolute atomic E-state index is 11.8. The molecule has 1 amide bonds. The third-order valence-electron chi connectivity index (χ3n) is 3.48. The van der Waals surface area contributed by atoms with Crippen LogP contribution in [0.15, 0.2) is 30.6 Å². The van der Waals surface area contributed by atoms with E-state index < -0.39 is 0 Å². The highest BCUT2D eigenvalue weighted by atomic mass is 16.1. The van der Waals surface area contributed by atoms with E-state index in [1.165, 1.54) is 17.3 Å². The van der Waals surface area contributed by atoms with Crippen molar-refractivity contribution in [2.45, 2.75) is 33.6 Å². The molecule has 22 heavy (non-hydrogen) atoms. The fourth-order valence-electron chi connectivity index (χ4n) is 1.95. The number of hydrogen-bond acceptors (Lipinski definition) is 4. The molecule has 0 atom stereocenters. The van der Waals surface area contributed by atoms with Crippen molar-refractivity contribution in [3.63, 3.8) is 0 Å². The molecule has 0 unspecified atom stereocenters. The van der Waals surface area contributed by atoms with Gasteiger partial charge in [-0.1, -0.05) is 19.4 Å². The monoisotopic (exact) mass is 298 g/mol. The van der Waals surface area contributed by atoms with E-state index in [1.54, 1.807) is 6.20 Å². The number of nitrogens with one attached hydrogen (secondary N) is 2. The van der Waals surface area contributed by atoms with Gasteiger partial charge in [-0.05, 0) is 43.5 Å². The second-order valence-electron chi connectivity index (χ2n) is 5.32. The summed E-state index contributed by atoms with van der Waals surface area (Å²) in [5.41, 5.74) is 3.75. The Morgan fingerprint density at radius 2 is 1.95 bits per heavy atom. The van der Waals surface area contributed by atoms with Crippen molar-refractivity contribution in [1.29, 1.82) is 0 Å². The van der Waals surface area contributed by atoms with Crippen LogP contribution in [0.3, 0.4) is 0 Å². The van der Waals surface area contributed by atoms with Crippen LogP contribution in [0.1, 0.15) is 41.4 Å². The smallest absolute Gasteiger partial charge is 0.271 e. The Kier molecular flexibility index (Phi) is 5.47. The molecule has 0 bridgehead atoms. The number of hydrogen-bond donors (Lipinski definition) is 2. The van der Waals surface area contributed by atoms with Gasteiger partial charge < -0.3 is 10.6 Å². The van der Waals surface area contributed by atoms with Crippen LogP contribution in [-0.2, 0) is 0 Å². The fourth-order valence-corrected chi connectivity index (χ4v) is 1.95. The van der Waals surface area contributed by atoms with Crippen LogP contribution >= 0.6 is 0 Å². The SMILES string of the molecule is CCCCNC(=O)c1cnc(Nc2ccc(C)c(C)c2)cn1. The minimum Gasteiger partial charge on any atom is -0.351 e. The minimum atomic E-state index is -0.182. The number of carbonyl (C=O) groups is 1. The summed E-state index contributed by atoms with van der Waals surface area (Å²) in [6, 6.07) is 6.11. The first kappa shape index (κ1) is 15.9. The second kappa shape index (κ2) is 7.54. The van der Waals surface area contributed by atoms with Crippen molar-refractivity contribution in [1.82, 2.24) is 15.3 Å². The Morgan fingerprint density at radius 3 is 2.59 bits per heavy atom. The zero-order valence-electron chi connectivity index (χ0n) is 13.3. The summed E-state index contributed by atoms with van der Waals surface area (Å²) in [5.74, 6) is 0.437. The van der Waals surface area contributed by atoms with Gasteiger partial charge in [-0.25, -0.2) is 9.97 Å². The lowest BCUT2D eigenvalue weighted by Gasteiger charge is -2.08. The number of unbranched alkanes of at least 4 members (excludes halogenated alkanes) is 1. The lowest BCUT2D eigenvalue weighted by Crippen LogP contribution is -2.25. The maximum atomic E-state index is 11.8. The normalized spacial score (nSPS) is 10.3. The average molecular weight is 298 g/mol. The summed E-state index contributed by atoms with van der Waals surface area (Å²) in [6.07, 6.45) is 5.07. The molecule has 1 aromatic carbocycles. The molecule has 1 aromatic heterocycles. The molecule has 5 nitrogen and oxygen atoms in total. The molecule has 1 heterocycles. The second-order valence-corrected chi connectivity index (χ2v) is 5.32. The van der Waals surface area contributed by atoms with Gasteiger partial charge in [0.25, 0.3) is 5.91 Å². The predicted octanol–water partition coefficient (Wildman–Crippen LogP) is 3.37. The van der Waals surface area contributed by atoms with Gasteiger partial charge in [0.2, 0.25) is 0 Å². The molecule has 5 heteroatoms. The van der Waals surface area contributed by atoms with Gasteiger partial charge in [0.1, 0.15) is 11.5 Å². The molecule has 0 radical (unpaired) electrons. The largest absolute Gasteiger partial charge is 0.351 e. The summed E-state index contributed by atoms with van der Waals surface area (Å²) < 4.78 is 0. The lowest BCUT2D eigenvalue weighted by atomic mass is 10.1. The van der Waals surface area contributed by atoms with Gasteiger partial charge >= 0.3 is 0 Å². The quantitative estimate of drug-likeness (QED) is 0.802. The molecule has 2 rings (SSSR count). The van der Waals surface area contributed by atoms with Gasteiger partial charge in [-0.15, -0.1) is 0 Å². The van der Waals surface area contributed by atoms with Crippen molar-refractivity contribution in [2.24, 2.45) is 0 Å². The molecule has 0 saturated carbocycles. The molecule has 0 aliphatic carbocycles. The number of rotatable bonds is 6. The van der Waals surface area contributed by atoms with Crippen LogP contribution in [0, 0.1) is 13.8 Å². The molecule has 0 spiro atoms. The number of anilines is 2. The van der Waals surface area contributed by atoms with Crippen molar-refractivity contribution >= 4 is 17.4 Å². The van der Waals surface area contributed by atoms with Crippen LogP contribution in [0.2, 0.25) is 0 Å². The zero-order chi connectivity index (χ0) is 15.9. The molecule has 116 valence electrons. The highest BCUT2D eigenvalue weighted by Crippen LogP contribution is 2.17. The Morgan fingerprint density at radius 1 is 1.14 bits per heavy atom. The highest BCUT2D eigenvalue weighted by molar-refractivity contribution is 5.92. The van der Waals surface area contributed by atoms with Crippen LogP contribution in [0.5, 0.6) is 0 Å². The molecule has 2 N–H and O–H groups in total. The van der Waals surface area contributed by atoms with Gasteiger partial charge in [0.15, 0.2) is 0 Å². The van der Waals surface area contributed by atoms with Gasteiger partial charge in [0.05, 0.1) is 12.4 Å². The molecule has 0 aliphatic heterocycles. The van der Waals surface area contributed by atoms with E-state index in [0.717, 1.165) is 18.5 Å². The number of aryl methyl sites for hydroxylation is 2. The first-order valence-electron chi connectivity index (χ1n) is 7.54. The number of amides is 1. The van der Waals surface area contributed by atoms with E-state index in [1.807, 2.05) is 6.07 Å². The topological polar surface area (TPSA) is 66.9 Å². The van der Waals surface area contributed by atoms with Crippen LogP contribution in [-0.4, -0.2) is 22.4 Å². The minimum absolute atomic E-state index is 0.182. The molecular formula is C17H22N4O. The molecule has 0 fully saturated rings. The molecule has 0 saturated heterocycles. The van der Waals surface area contributed by atoms with Crippen molar-refractivity contribution in [3.05, 3.63) is 47.4 Å². The number of nitrogens with zero attached hydrogens (tertiary/aromatic N) is 2. The van der Waals surface area contributed by atoms with Crippen LogP contribution in [0.25, 0.3) is 0 Å². The molecular weight excluding hydrogens is 276 g/mol. The van der Waals surface area contributed by atoms with Gasteiger partial charge in [-0.3, -0.25) is 4.79 Å². The van der Waals surface area contributed by atoms with Crippen molar-refractivity contribution in [2.75, 3.05) is 11.9 Å². The Hall–Kier alpha value is -2.43. The number of carbonyl (C=O) groups excluding carboxylic acids is 1. The van der Waals surface area contributed by atoms with E-state index >= 15 is 0 Å². The molecule has 2 aromatic rings. The zero-order valence-corrected chi connectivity index (χ0v) is 13.3. The maximum Gasteiger partial charge on any atom is 0.271 e. The van der Waals surface area contributed by atoms with E-state index in [2.05, 4.69) is 53.5 Å². The van der Waals surface area contributed by atoms with Crippen LogP contribution in [0.4, 0.5) is 11.5 Å². The number of aromatic nitrogens is 2. The standard InChI is InChI=1S/C17H22N4O/c1-4-5-8-18-17(22)15-10-20-16(11-19-15)21-14-7-6-12(2)13(3)9-14/h6-7,9-11H,4-5,8H2,1-3H3,(H,18,22)(H,20,21). The Balaban J connectivity index is 1.99. The van der Waals surface area contributed by atoms with E-state index in [0.29, 0.717) is 18.1 Å². The highest BCUT2D eigenvalue weighted by Gasteiger charge is 2.07. The summed E-state index contributed by atoms with van der Waals surface area (Å²) in [5, 5.41) is 6.01. The summed E-state index contributed by atoms with van der Waals surface area (Å²) in [6.45, 7) is 6.89. The summed E-state index contributed by atoms with van der Waals surface area (Å²) >= 11 is 0. The van der Waals surface area contributed by atoms with Gasteiger partial charge in [-0.2, -0.15) is 0 Å². The fraction of sp³-hybridized carbons (Fsp3) is 0.353. The van der Waals surface area contributed by atoms with Crippen molar-refractivity contribution < 1.29 is 4.79 Å². The van der Waals surface area contributed by atoms with E-state index in [4.69, 9.17) is 0 Å². The lowest BCUT2D eigenvalue weighted by molar-refractivity contribution is 0.0948. The third kappa shape index (κ3) is 4.28. The summed E-state index contributed by atoms with van der Waals surface area (Å²) in [4.78, 5) is 20.2. The van der Waals surface area contributed by atoms with E-state index in [9.17, 15) is 4.79 Å². The van der Waals surface area contributed by atoms with Gasteiger partial charge in [0, 0.05) is 12.2 Å². The Labute approximate surface area is 131 Å². The third-order valence-corrected chi connectivity index (χ3v) is 3.48. The molecule has 0 aliphatic rings. The van der Waals surface area contributed by atoms with Crippen molar-refractivity contribution in [3.8, 4) is 0 Å².